The molecule has 0 aliphatic heterocycles. The summed E-state index contributed by atoms with van der Waals surface area (Å²) in [5, 5.41) is 12.2. The molecule has 0 saturated heterocycles. The van der Waals surface area contributed by atoms with Gasteiger partial charge < -0.3 is 15.3 Å². The lowest BCUT2D eigenvalue weighted by Crippen LogP contribution is -2.33. The molecule has 0 radical (unpaired) electrons. The number of hydrogen-bond donors (Lipinski definition) is 2. The lowest BCUT2D eigenvalue weighted by atomic mass is 10.3. The summed E-state index contributed by atoms with van der Waals surface area (Å²) >= 11 is 9.24. The Hall–Kier alpha value is -0.850. The number of rotatable bonds is 4. The smallest absolute Gasteiger partial charge is 0.321 e. The van der Waals surface area contributed by atoms with Gasteiger partial charge in [-0.05, 0) is 29.3 Å². The van der Waals surface area contributed by atoms with Crippen LogP contribution in [0.2, 0.25) is 5.02 Å². The number of pyridine rings is 1. The van der Waals surface area contributed by atoms with E-state index in [1.807, 2.05) is 0 Å². The van der Waals surface area contributed by atoms with Gasteiger partial charge in [0.1, 0.15) is 0 Å². The summed E-state index contributed by atoms with van der Waals surface area (Å²) < 4.78 is 0.619. The first-order valence-electron chi connectivity index (χ1n) is 5.41. The summed E-state index contributed by atoms with van der Waals surface area (Å²) in [4.78, 5) is 17.2. The largest absolute Gasteiger partial charge is 0.393 e. The lowest BCUT2D eigenvalue weighted by Gasteiger charge is -2.19. The first-order valence-corrected chi connectivity index (χ1v) is 6.58. The Kier molecular flexibility index (Phi) is 5.84. The lowest BCUT2D eigenvalue weighted by molar-refractivity contribution is 0.167. The monoisotopic (exact) mass is 335 g/mol. The molecule has 1 atom stereocenters. The van der Waals surface area contributed by atoms with Gasteiger partial charge in [0.25, 0.3) is 0 Å². The van der Waals surface area contributed by atoms with Crippen LogP contribution in [0.5, 0.6) is 0 Å². The van der Waals surface area contributed by atoms with E-state index in [0.29, 0.717) is 28.1 Å². The molecule has 2 amide bonds. The second-order valence-electron chi connectivity index (χ2n) is 3.97. The van der Waals surface area contributed by atoms with Crippen molar-refractivity contribution in [2.45, 2.75) is 19.4 Å². The SMILES string of the molecule is CC(O)CCN(C)C(=O)Nc1cncc(Br)c1Cl. The molecule has 1 heterocycles. The second-order valence-corrected chi connectivity index (χ2v) is 5.20. The fourth-order valence-electron chi connectivity index (χ4n) is 1.20. The average molecular weight is 337 g/mol. The summed E-state index contributed by atoms with van der Waals surface area (Å²) in [6.07, 6.45) is 3.12. The van der Waals surface area contributed by atoms with Crippen LogP contribution in [0.4, 0.5) is 10.5 Å². The Bertz CT molecular complexity index is 429. The van der Waals surface area contributed by atoms with Gasteiger partial charge in [0.2, 0.25) is 0 Å². The number of carbonyl (C=O) groups is 1. The van der Waals surface area contributed by atoms with Crippen molar-refractivity contribution >= 4 is 39.2 Å². The van der Waals surface area contributed by atoms with Crippen molar-refractivity contribution in [2.24, 2.45) is 0 Å². The predicted octanol–water partition coefficient (Wildman–Crippen LogP) is 2.73. The molecule has 0 aliphatic carbocycles. The van der Waals surface area contributed by atoms with Crippen LogP contribution in [-0.2, 0) is 0 Å². The van der Waals surface area contributed by atoms with Gasteiger partial charge in [0, 0.05) is 19.8 Å². The van der Waals surface area contributed by atoms with E-state index in [2.05, 4.69) is 26.2 Å². The maximum absolute atomic E-state index is 11.8. The molecule has 7 heteroatoms. The standard InChI is InChI=1S/C11H15BrClN3O2/c1-7(17)3-4-16(2)11(18)15-9-6-14-5-8(12)10(9)13/h5-7,17H,3-4H2,1-2H3,(H,15,18). The van der Waals surface area contributed by atoms with E-state index in [1.165, 1.54) is 11.1 Å². The number of aliphatic hydroxyl groups is 1. The third-order valence-corrected chi connectivity index (χ3v) is 3.54. The summed E-state index contributed by atoms with van der Waals surface area (Å²) in [5.41, 5.74) is 0.444. The maximum Gasteiger partial charge on any atom is 0.321 e. The van der Waals surface area contributed by atoms with E-state index in [1.54, 1.807) is 20.2 Å². The van der Waals surface area contributed by atoms with Gasteiger partial charge in [-0.3, -0.25) is 4.98 Å². The summed E-state index contributed by atoms with van der Waals surface area (Å²) in [6, 6.07) is -0.294. The van der Waals surface area contributed by atoms with E-state index >= 15 is 0 Å². The minimum absolute atomic E-state index is 0.294. The van der Waals surface area contributed by atoms with Gasteiger partial charge in [-0.2, -0.15) is 0 Å². The highest BCUT2D eigenvalue weighted by Crippen LogP contribution is 2.28. The number of urea groups is 1. The van der Waals surface area contributed by atoms with Crippen molar-refractivity contribution in [1.29, 1.82) is 0 Å². The van der Waals surface area contributed by atoms with Crippen molar-refractivity contribution in [1.82, 2.24) is 9.88 Å². The number of aliphatic hydroxyl groups excluding tert-OH is 1. The quantitative estimate of drug-likeness (QED) is 0.888. The van der Waals surface area contributed by atoms with Crippen molar-refractivity contribution in [3.05, 3.63) is 21.9 Å². The van der Waals surface area contributed by atoms with Crippen molar-refractivity contribution in [3.63, 3.8) is 0 Å². The van der Waals surface area contributed by atoms with Crippen molar-refractivity contribution in [3.8, 4) is 0 Å². The van der Waals surface area contributed by atoms with Crippen LogP contribution in [0.25, 0.3) is 0 Å². The highest BCUT2D eigenvalue weighted by atomic mass is 79.9. The van der Waals surface area contributed by atoms with E-state index in [0.717, 1.165) is 0 Å². The third-order valence-electron chi connectivity index (χ3n) is 2.31. The van der Waals surface area contributed by atoms with Gasteiger partial charge in [0.15, 0.2) is 0 Å². The molecule has 0 saturated carbocycles. The molecule has 1 aromatic rings. The molecule has 0 aliphatic rings. The minimum atomic E-state index is -0.434. The minimum Gasteiger partial charge on any atom is -0.393 e. The van der Waals surface area contributed by atoms with E-state index in [-0.39, 0.29) is 6.03 Å². The number of halogens is 2. The molecule has 1 rings (SSSR count). The number of nitrogens with zero attached hydrogens (tertiary/aromatic N) is 2. The van der Waals surface area contributed by atoms with Gasteiger partial charge in [-0.25, -0.2) is 4.79 Å². The fraction of sp³-hybridized carbons (Fsp3) is 0.455. The zero-order chi connectivity index (χ0) is 13.7. The Labute approximate surface area is 119 Å². The normalized spacial score (nSPS) is 12.1. The topological polar surface area (TPSA) is 65.5 Å². The Balaban J connectivity index is 2.61. The number of aromatic nitrogens is 1. The van der Waals surface area contributed by atoms with Crippen LogP contribution in [0.3, 0.4) is 0 Å². The number of carbonyl (C=O) groups excluding carboxylic acids is 1. The van der Waals surface area contributed by atoms with Crippen LogP contribution in [-0.4, -0.2) is 40.7 Å². The number of anilines is 1. The van der Waals surface area contributed by atoms with Crippen LogP contribution in [0.15, 0.2) is 16.9 Å². The van der Waals surface area contributed by atoms with Gasteiger partial charge in [-0.15, -0.1) is 0 Å². The van der Waals surface area contributed by atoms with Gasteiger partial charge in [0.05, 0.1) is 27.5 Å². The van der Waals surface area contributed by atoms with Gasteiger partial charge >= 0.3 is 6.03 Å². The van der Waals surface area contributed by atoms with E-state index in [9.17, 15) is 4.79 Å². The molecule has 0 fully saturated rings. The van der Waals surface area contributed by atoms with Crippen LogP contribution < -0.4 is 5.32 Å². The summed E-state index contributed by atoms with van der Waals surface area (Å²) in [5.74, 6) is 0. The third kappa shape index (κ3) is 4.44. The molecule has 18 heavy (non-hydrogen) atoms. The van der Waals surface area contributed by atoms with E-state index in [4.69, 9.17) is 16.7 Å². The first kappa shape index (κ1) is 15.2. The Morgan fingerprint density at radius 2 is 2.33 bits per heavy atom. The molecule has 0 aromatic carbocycles. The molecule has 5 nitrogen and oxygen atoms in total. The molecule has 0 bridgehead atoms. The molecule has 0 spiro atoms. The molecule has 1 unspecified atom stereocenters. The van der Waals surface area contributed by atoms with Crippen LogP contribution in [0, 0.1) is 0 Å². The second kappa shape index (κ2) is 6.92. The molecule has 2 N–H and O–H groups in total. The fourth-order valence-corrected chi connectivity index (χ4v) is 1.68. The van der Waals surface area contributed by atoms with E-state index < -0.39 is 6.10 Å². The number of amides is 2. The Morgan fingerprint density at radius 1 is 1.67 bits per heavy atom. The summed E-state index contributed by atoms with van der Waals surface area (Å²) in [7, 11) is 1.65. The molecular formula is C11H15BrClN3O2. The molecule has 100 valence electrons. The molecule has 1 aromatic heterocycles. The highest BCUT2D eigenvalue weighted by molar-refractivity contribution is 9.10. The summed E-state index contributed by atoms with van der Waals surface area (Å²) in [6.45, 7) is 2.14. The predicted molar refractivity (Wildman–Crippen MR) is 74.9 cm³/mol. The Morgan fingerprint density at radius 3 is 2.94 bits per heavy atom. The van der Waals surface area contributed by atoms with Crippen LogP contribution in [0.1, 0.15) is 13.3 Å². The van der Waals surface area contributed by atoms with Crippen molar-refractivity contribution < 1.29 is 9.90 Å². The van der Waals surface area contributed by atoms with Crippen molar-refractivity contribution in [2.75, 3.05) is 18.9 Å². The highest BCUT2D eigenvalue weighted by Gasteiger charge is 2.12. The van der Waals surface area contributed by atoms with Gasteiger partial charge in [-0.1, -0.05) is 11.6 Å². The average Bonchev–Trinajstić information content (AvgIpc) is 2.31. The maximum atomic E-state index is 11.8. The van der Waals surface area contributed by atoms with Crippen LogP contribution >= 0.6 is 27.5 Å². The zero-order valence-electron chi connectivity index (χ0n) is 10.2. The molecular weight excluding hydrogens is 321 g/mol. The number of hydrogen-bond acceptors (Lipinski definition) is 3. The first-order chi connectivity index (χ1) is 8.41. The zero-order valence-corrected chi connectivity index (χ0v) is 12.5. The number of nitrogens with one attached hydrogen (secondary N) is 1.